The van der Waals surface area contributed by atoms with Gasteiger partial charge in [-0.1, -0.05) is 0 Å². The van der Waals surface area contributed by atoms with Gasteiger partial charge in [-0.25, -0.2) is 8.42 Å². The van der Waals surface area contributed by atoms with Crippen molar-refractivity contribution >= 4 is 15.8 Å². The molecular formula is C13H23N3O2S. The van der Waals surface area contributed by atoms with Crippen molar-refractivity contribution < 1.29 is 8.42 Å². The van der Waals surface area contributed by atoms with Crippen LogP contribution in [0.25, 0.3) is 0 Å². The normalized spacial score (nSPS) is 30.8. The molecular weight excluding hydrogens is 262 g/mol. The summed E-state index contributed by atoms with van der Waals surface area (Å²) in [5, 5.41) is 3.50. The molecule has 0 radical (unpaired) electrons. The standard InChI is InChI=1S/C13H23N3O2S/c17-19(18)8-5-11(10-19)9-14-13(15-12-3-4-12)16-6-1-2-7-16/h11-12H,1-10H2,(H,14,15). The van der Waals surface area contributed by atoms with E-state index in [9.17, 15) is 8.42 Å². The van der Waals surface area contributed by atoms with Crippen LogP contribution in [0.5, 0.6) is 0 Å². The van der Waals surface area contributed by atoms with E-state index < -0.39 is 9.84 Å². The minimum Gasteiger partial charge on any atom is -0.354 e. The zero-order valence-corrected chi connectivity index (χ0v) is 12.2. The summed E-state index contributed by atoms with van der Waals surface area (Å²) in [5.41, 5.74) is 0. The first-order chi connectivity index (χ1) is 9.12. The number of hydrogen-bond donors (Lipinski definition) is 1. The maximum atomic E-state index is 11.5. The summed E-state index contributed by atoms with van der Waals surface area (Å²) in [6.07, 6.45) is 5.74. The Bertz CT molecular complexity index is 451. The SMILES string of the molecule is O=S1(=O)CCC(CN=C(NC2CC2)N2CCCC2)C1. The second-order valence-corrected chi connectivity index (χ2v) is 8.27. The van der Waals surface area contributed by atoms with Gasteiger partial charge in [-0.05, 0) is 38.0 Å². The van der Waals surface area contributed by atoms with Crippen molar-refractivity contribution in [1.82, 2.24) is 10.2 Å². The molecule has 0 aromatic heterocycles. The summed E-state index contributed by atoms with van der Waals surface area (Å²) >= 11 is 0. The first kappa shape index (κ1) is 13.2. The van der Waals surface area contributed by atoms with Crippen LogP contribution < -0.4 is 5.32 Å². The van der Waals surface area contributed by atoms with Gasteiger partial charge in [0.2, 0.25) is 0 Å². The zero-order valence-electron chi connectivity index (χ0n) is 11.3. The lowest BCUT2D eigenvalue weighted by atomic mass is 10.1. The van der Waals surface area contributed by atoms with Crippen LogP contribution in [-0.4, -0.2) is 56.5 Å². The summed E-state index contributed by atoms with van der Waals surface area (Å²) in [7, 11) is -2.78. The van der Waals surface area contributed by atoms with Crippen LogP contribution in [0.2, 0.25) is 0 Å². The number of aliphatic imine (C=N–C) groups is 1. The van der Waals surface area contributed by atoms with E-state index >= 15 is 0 Å². The maximum absolute atomic E-state index is 11.5. The Morgan fingerprint density at radius 1 is 1.21 bits per heavy atom. The molecule has 0 spiro atoms. The topological polar surface area (TPSA) is 61.8 Å². The highest BCUT2D eigenvalue weighted by molar-refractivity contribution is 7.91. The van der Waals surface area contributed by atoms with Crippen LogP contribution in [0, 0.1) is 5.92 Å². The zero-order chi connectivity index (χ0) is 13.3. The first-order valence-corrected chi connectivity index (χ1v) is 9.21. The number of rotatable bonds is 3. The third-order valence-corrected chi connectivity index (χ3v) is 5.98. The van der Waals surface area contributed by atoms with E-state index in [0.717, 1.165) is 25.5 Å². The number of likely N-dealkylation sites (tertiary alicyclic amines) is 1. The van der Waals surface area contributed by atoms with E-state index in [-0.39, 0.29) is 5.92 Å². The minimum absolute atomic E-state index is 0.226. The summed E-state index contributed by atoms with van der Waals surface area (Å²) in [4.78, 5) is 7.02. The van der Waals surface area contributed by atoms with E-state index in [0.29, 0.717) is 24.1 Å². The largest absolute Gasteiger partial charge is 0.354 e. The second-order valence-electron chi connectivity index (χ2n) is 6.05. The lowest BCUT2D eigenvalue weighted by molar-refractivity contribution is 0.485. The van der Waals surface area contributed by atoms with Gasteiger partial charge in [0, 0.05) is 25.7 Å². The van der Waals surface area contributed by atoms with Gasteiger partial charge in [-0.3, -0.25) is 4.99 Å². The van der Waals surface area contributed by atoms with Crippen molar-refractivity contribution in [2.45, 2.75) is 38.1 Å². The van der Waals surface area contributed by atoms with Crippen molar-refractivity contribution in [3.63, 3.8) is 0 Å². The van der Waals surface area contributed by atoms with Crippen molar-refractivity contribution in [3.05, 3.63) is 0 Å². The summed E-state index contributed by atoms with van der Waals surface area (Å²) in [6.45, 7) is 2.83. The smallest absolute Gasteiger partial charge is 0.194 e. The predicted molar refractivity (Wildman–Crippen MR) is 76.0 cm³/mol. The number of guanidine groups is 1. The Balaban J connectivity index is 1.60. The van der Waals surface area contributed by atoms with Gasteiger partial charge in [-0.15, -0.1) is 0 Å². The molecule has 1 saturated carbocycles. The molecule has 2 saturated heterocycles. The highest BCUT2D eigenvalue weighted by atomic mass is 32.2. The summed E-state index contributed by atoms with van der Waals surface area (Å²) in [6, 6.07) is 0.603. The number of nitrogens with zero attached hydrogens (tertiary/aromatic N) is 2. The van der Waals surface area contributed by atoms with E-state index in [1.54, 1.807) is 0 Å². The van der Waals surface area contributed by atoms with Crippen molar-refractivity contribution in [2.24, 2.45) is 10.9 Å². The Morgan fingerprint density at radius 3 is 2.53 bits per heavy atom. The maximum Gasteiger partial charge on any atom is 0.194 e. The van der Waals surface area contributed by atoms with Crippen molar-refractivity contribution in [1.29, 1.82) is 0 Å². The number of hydrogen-bond acceptors (Lipinski definition) is 3. The molecule has 0 aromatic rings. The molecule has 1 unspecified atom stereocenters. The predicted octanol–water partition coefficient (Wildman–Crippen LogP) is 0.625. The van der Waals surface area contributed by atoms with Crippen LogP contribution in [-0.2, 0) is 9.84 Å². The Labute approximate surface area is 115 Å². The molecule has 0 amide bonds. The molecule has 1 N–H and O–H groups in total. The fourth-order valence-electron chi connectivity index (χ4n) is 2.81. The molecule has 1 atom stereocenters. The fourth-order valence-corrected chi connectivity index (χ4v) is 4.66. The third-order valence-electron chi connectivity index (χ3n) is 4.14. The molecule has 3 rings (SSSR count). The molecule has 1 aliphatic carbocycles. The average Bonchev–Trinajstić information content (AvgIpc) is 2.89. The van der Waals surface area contributed by atoms with E-state index in [2.05, 4.69) is 10.2 Å². The van der Waals surface area contributed by atoms with Gasteiger partial charge in [0.1, 0.15) is 0 Å². The second kappa shape index (κ2) is 5.31. The average molecular weight is 285 g/mol. The van der Waals surface area contributed by atoms with Gasteiger partial charge in [0.15, 0.2) is 15.8 Å². The van der Waals surface area contributed by atoms with Gasteiger partial charge in [0.25, 0.3) is 0 Å². The molecule has 3 aliphatic rings. The highest BCUT2D eigenvalue weighted by Gasteiger charge is 2.29. The molecule has 19 heavy (non-hydrogen) atoms. The number of sulfone groups is 1. The van der Waals surface area contributed by atoms with Crippen LogP contribution >= 0.6 is 0 Å². The lowest BCUT2D eigenvalue weighted by Crippen LogP contribution is -2.41. The molecule has 6 heteroatoms. The van der Waals surface area contributed by atoms with E-state index in [1.807, 2.05) is 0 Å². The monoisotopic (exact) mass is 285 g/mol. The van der Waals surface area contributed by atoms with Gasteiger partial charge < -0.3 is 10.2 Å². The Kier molecular flexibility index (Phi) is 3.69. The molecule has 2 heterocycles. The van der Waals surface area contributed by atoms with Gasteiger partial charge in [0.05, 0.1) is 11.5 Å². The first-order valence-electron chi connectivity index (χ1n) is 7.39. The van der Waals surface area contributed by atoms with Crippen LogP contribution in [0.3, 0.4) is 0 Å². The highest BCUT2D eigenvalue weighted by Crippen LogP contribution is 2.21. The molecule has 108 valence electrons. The van der Waals surface area contributed by atoms with Crippen molar-refractivity contribution in [3.8, 4) is 0 Å². The van der Waals surface area contributed by atoms with Crippen LogP contribution in [0.4, 0.5) is 0 Å². The minimum atomic E-state index is -2.78. The van der Waals surface area contributed by atoms with E-state index in [1.165, 1.54) is 25.7 Å². The molecule has 2 aliphatic heterocycles. The van der Waals surface area contributed by atoms with Gasteiger partial charge >= 0.3 is 0 Å². The Hall–Kier alpha value is -0.780. The van der Waals surface area contributed by atoms with Crippen LogP contribution in [0.15, 0.2) is 4.99 Å². The van der Waals surface area contributed by atoms with Crippen molar-refractivity contribution in [2.75, 3.05) is 31.1 Å². The Morgan fingerprint density at radius 2 is 1.95 bits per heavy atom. The molecule has 3 fully saturated rings. The quantitative estimate of drug-likeness (QED) is 0.610. The van der Waals surface area contributed by atoms with Crippen LogP contribution in [0.1, 0.15) is 32.1 Å². The molecule has 0 aromatic carbocycles. The lowest BCUT2D eigenvalue weighted by Gasteiger charge is -2.21. The molecule has 5 nitrogen and oxygen atoms in total. The van der Waals surface area contributed by atoms with E-state index in [4.69, 9.17) is 4.99 Å². The number of nitrogens with one attached hydrogen (secondary N) is 1. The fraction of sp³-hybridized carbons (Fsp3) is 0.923. The molecule has 0 bridgehead atoms. The third kappa shape index (κ3) is 3.61. The summed E-state index contributed by atoms with van der Waals surface area (Å²) in [5.74, 6) is 1.92. The van der Waals surface area contributed by atoms with Gasteiger partial charge in [-0.2, -0.15) is 0 Å². The summed E-state index contributed by atoms with van der Waals surface area (Å²) < 4.78 is 22.9.